The van der Waals surface area contributed by atoms with E-state index in [1.54, 1.807) is 12.5 Å². The number of nitrogens with zero attached hydrogens (tertiary/aromatic N) is 3. The van der Waals surface area contributed by atoms with Crippen LogP contribution in [0.15, 0.2) is 31.0 Å². The number of nitrogens with one attached hydrogen (secondary N) is 1. The SMILES string of the molecule is Cn1ccc2c(-c3c[nH]cc3Cl)ncnc21. The molecule has 0 amide bonds. The maximum atomic E-state index is 6.08. The normalized spacial score (nSPS) is 11.1. The van der Waals surface area contributed by atoms with Crippen molar-refractivity contribution in [2.45, 2.75) is 0 Å². The fraction of sp³-hybridized carbons (Fsp3) is 0.0909. The summed E-state index contributed by atoms with van der Waals surface area (Å²) in [5, 5.41) is 1.68. The number of rotatable bonds is 1. The molecule has 3 heterocycles. The Hall–Kier alpha value is -1.81. The Bertz CT molecular complexity index is 653. The number of halogens is 1. The fourth-order valence-corrected chi connectivity index (χ4v) is 2.03. The summed E-state index contributed by atoms with van der Waals surface area (Å²) >= 11 is 6.08. The second kappa shape index (κ2) is 3.35. The third-order valence-electron chi connectivity index (χ3n) is 2.61. The Balaban J connectivity index is 2.36. The summed E-state index contributed by atoms with van der Waals surface area (Å²) in [4.78, 5) is 11.5. The van der Waals surface area contributed by atoms with Crippen molar-refractivity contribution in [2.24, 2.45) is 7.05 Å². The van der Waals surface area contributed by atoms with E-state index in [9.17, 15) is 0 Å². The molecule has 3 aromatic heterocycles. The molecule has 0 fully saturated rings. The van der Waals surface area contributed by atoms with Crippen LogP contribution in [0.4, 0.5) is 0 Å². The molecule has 5 heteroatoms. The molecule has 80 valence electrons. The zero-order valence-electron chi connectivity index (χ0n) is 8.61. The van der Waals surface area contributed by atoms with Crippen LogP contribution < -0.4 is 0 Å². The molecule has 16 heavy (non-hydrogen) atoms. The molecule has 1 N–H and O–H groups in total. The van der Waals surface area contributed by atoms with Crippen LogP contribution in [0.25, 0.3) is 22.3 Å². The third-order valence-corrected chi connectivity index (χ3v) is 2.92. The molecule has 0 aliphatic carbocycles. The zero-order chi connectivity index (χ0) is 11.1. The molecule has 3 rings (SSSR count). The first-order valence-corrected chi connectivity index (χ1v) is 5.24. The lowest BCUT2D eigenvalue weighted by atomic mass is 10.2. The molecule has 0 radical (unpaired) electrons. The van der Waals surface area contributed by atoms with Gasteiger partial charge in [-0.25, -0.2) is 9.97 Å². The summed E-state index contributed by atoms with van der Waals surface area (Å²) in [7, 11) is 1.96. The second-order valence-corrected chi connectivity index (χ2v) is 4.01. The van der Waals surface area contributed by atoms with Gasteiger partial charge in [0.1, 0.15) is 12.0 Å². The minimum absolute atomic E-state index is 0.670. The smallest absolute Gasteiger partial charge is 0.143 e. The largest absolute Gasteiger partial charge is 0.366 e. The number of aromatic nitrogens is 4. The first kappa shape index (κ1) is 9.42. The van der Waals surface area contributed by atoms with Crippen molar-refractivity contribution in [1.29, 1.82) is 0 Å². The number of hydrogen-bond donors (Lipinski definition) is 1. The van der Waals surface area contributed by atoms with Crippen LogP contribution in [0.3, 0.4) is 0 Å². The van der Waals surface area contributed by atoms with Crippen LogP contribution in [-0.4, -0.2) is 19.5 Å². The van der Waals surface area contributed by atoms with Crippen molar-refractivity contribution in [1.82, 2.24) is 19.5 Å². The van der Waals surface area contributed by atoms with E-state index in [1.165, 1.54) is 0 Å². The van der Waals surface area contributed by atoms with Gasteiger partial charge in [-0.3, -0.25) is 0 Å². The first-order chi connectivity index (χ1) is 7.77. The van der Waals surface area contributed by atoms with Crippen LogP contribution in [0.5, 0.6) is 0 Å². The fourth-order valence-electron chi connectivity index (χ4n) is 1.82. The van der Waals surface area contributed by atoms with Crippen LogP contribution in [0, 0.1) is 0 Å². The van der Waals surface area contributed by atoms with E-state index in [0.717, 1.165) is 22.3 Å². The van der Waals surface area contributed by atoms with Gasteiger partial charge in [0, 0.05) is 36.6 Å². The lowest BCUT2D eigenvalue weighted by Gasteiger charge is -2.00. The van der Waals surface area contributed by atoms with Crippen molar-refractivity contribution in [3.05, 3.63) is 36.0 Å². The summed E-state index contributed by atoms with van der Waals surface area (Å²) in [5.41, 5.74) is 2.67. The monoisotopic (exact) mass is 232 g/mol. The molecule has 0 bridgehead atoms. The van der Waals surface area contributed by atoms with Crippen LogP contribution in [-0.2, 0) is 7.05 Å². The van der Waals surface area contributed by atoms with Crippen molar-refractivity contribution < 1.29 is 0 Å². The summed E-state index contributed by atoms with van der Waals surface area (Å²) in [6.45, 7) is 0. The van der Waals surface area contributed by atoms with Crippen LogP contribution in [0.2, 0.25) is 5.02 Å². The van der Waals surface area contributed by atoms with E-state index < -0.39 is 0 Å². The van der Waals surface area contributed by atoms with Crippen molar-refractivity contribution >= 4 is 22.6 Å². The predicted octanol–water partition coefficient (Wildman–Crippen LogP) is 2.62. The Morgan fingerprint density at radius 2 is 2.19 bits per heavy atom. The van der Waals surface area contributed by atoms with Gasteiger partial charge in [-0.1, -0.05) is 11.6 Å². The van der Waals surface area contributed by atoms with E-state index in [1.807, 2.05) is 30.1 Å². The summed E-state index contributed by atoms with van der Waals surface area (Å²) in [5.74, 6) is 0. The number of aryl methyl sites for hydroxylation is 1. The molecule has 0 aliphatic heterocycles. The lowest BCUT2D eigenvalue weighted by Crippen LogP contribution is -1.91. The van der Waals surface area contributed by atoms with Crippen molar-refractivity contribution in [2.75, 3.05) is 0 Å². The van der Waals surface area contributed by atoms with Gasteiger partial charge in [-0.15, -0.1) is 0 Å². The Morgan fingerprint density at radius 1 is 1.31 bits per heavy atom. The molecule has 0 spiro atoms. The molecule has 0 saturated heterocycles. The summed E-state index contributed by atoms with van der Waals surface area (Å²) in [6.07, 6.45) is 7.11. The molecule has 0 aromatic carbocycles. The standard InChI is InChI=1S/C11H9ClN4/c1-16-3-2-7-10(14-6-15-11(7)16)8-4-13-5-9(8)12/h2-6,13H,1H3. The molecular weight excluding hydrogens is 224 g/mol. The predicted molar refractivity (Wildman–Crippen MR) is 63.3 cm³/mol. The van der Waals surface area contributed by atoms with Gasteiger partial charge < -0.3 is 9.55 Å². The number of hydrogen-bond acceptors (Lipinski definition) is 2. The molecule has 0 atom stereocenters. The first-order valence-electron chi connectivity index (χ1n) is 4.86. The van der Waals surface area contributed by atoms with E-state index >= 15 is 0 Å². The quantitative estimate of drug-likeness (QED) is 0.701. The molecule has 3 aromatic rings. The molecule has 4 nitrogen and oxygen atoms in total. The highest BCUT2D eigenvalue weighted by Gasteiger charge is 2.11. The number of H-pyrrole nitrogens is 1. The maximum Gasteiger partial charge on any atom is 0.143 e. The van der Waals surface area contributed by atoms with Crippen molar-refractivity contribution in [3.8, 4) is 11.3 Å². The minimum atomic E-state index is 0.670. The van der Waals surface area contributed by atoms with Crippen molar-refractivity contribution in [3.63, 3.8) is 0 Å². The van der Waals surface area contributed by atoms with Crippen LogP contribution >= 0.6 is 11.6 Å². The average molecular weight is 233 g/mol. The lowest BCUT2D eigenvalue weighted by molar-refractivity contribution is 0.944. The average Bonchev–Trinajstić information content (AvgIpc) is 2.86. The van der Waals surface area contributed by atoms with E-state index in [2.05, 4.69) is 15.0 Å². The Kier molecular flexibility index (Phi) is 1.97. The maximum absolute atomic E-state index is 6.08. The van der Waals surface area contributed by atoms with Gasteiger partial charge in [-0.05, 0) is 6.07 Å². The van der Waals surface area contributed by atoms with Gasteiger partial charge >= 0.3 is 0 Å². The second-order valence-electron chi connectivity index (χ2n) is 3.60. The summed E-state index contributed by atoms with van der Waals surface area (Å²) in [6, 6.07) is 1.99. The van der Waals surface area contributed by atoms with E-state index in [4.69, 9.17) is 11.6 Å². The number of fused-ring (bicyclic) bond motifs is 1. The molecule has 0 unspecified atom stereocenters. The van der Waals surface area contributed by atoms with Gasteiger partial charge in [0.05, 0.1) is 10.7 Å². The minimum Gasteiger partial charge on any atom is -0.366 e. The highest BCUT2D eigenvalue weighted by Crippen LogP contribution is 2.30. The molecule has 0 aliphatic rings. The highest BCUT2D eigenvalue weighted by atomic mass is 35.5. The van der Waals surface area contributed by atoms with E-state index in [-0.39, 0.29) is 0 Å². The van der Waals surface area contributed by atoms with Gasteiger partial charge in [0.15, 0.2) is 0 Å². The number of aromatic amines is 1. The zero-order valence-corrected chi connectivity index (χ0v) is 9.36. The Labute approximate surface area is 96.9 Å². The summed E-state index contributed by atoms with van der Waals surface area (Å²) < 4.78 is 1.96. The topological polar surface area (TPSA) is 46.5 Å². The van der Waals surface area contributed by atoms with Crippen LogP contribution in [0.1, 0.15) is 0 Å². The van der Waals surface area contributed by atoms with Gasteiger partial charge in [0.2, 0.25) is 0 Å². The molecular formula is C11H9ClN4. The Morgan fingerprint density at radius 3 is 2.94 bits per heavy atom. The third kappa shape index (κ3) is 1.23. The highest BCUT2D eigenvalue weighted by molar-refractivity contribution is 6.33. The van der Waals surface area contributed by atoms with Gasteiger partial charge in [0.25, 0.3) is 0 Å². The molecule has 0 saturated carbocycles. The van der Waals surface area contributed by atoms with E-state index in [0.29, 0.717) is 5.02 Å². The van der Waals surface area contributed by atoms with Gasteiger partial charge in [-0.2, -0.15) is 0 Å².